The maximum absolute atomic E-state index is 12.4. The molecule has 132 valence electrons. The number of amides is 3. The highest BCUT2D eigenvalue weighted by Gasteiger charge is 2.19. The van der Waals surface area contributed by atoms with E-state index >= 15 is 0 Å². The van der Waals surface area contributed by atoms with Gasteiger partial charge >= 0.3 is 6.03 Å². The van der Waals surface area contributed by atoms with Crippen LogP contribution in [0.5, 0.6) is 5.75 Å². The predicted octanol–water partition coefficient (Wildman–Crippen LogP) is 3.85. The average Bonchev–Trinajstić information content (AvgIpc) is 2.54. The highest BCUT2D eigenvalue weighted by atomic mass is 79.9. The Kier molecular flexibility index (Phi) is 6.66. The molecule has 0 saturated carbocycles. The number of primary amides is 1. The van der Waals surface area contributed by atoms with Crippen LogP contribution in [0.2, 0.25) is 5.02 Å². The highest BCUT2D eigenvalue weighted by Crippen LogP contribution is 2.28. The number of nitrogens with two attached hydrogens (primary N) is 1. The Hall–Kier alpha value is -2.25. The lowest BCUT2D eigenvalue weighted by atomic mass is 10.0. The molecule has 1 unspecified atom stereocenters. The summed E-state index contributed by atoms with van der Waals surface area (Å²) in [5.41, 5.74) is 6.43. The van der Waals surface area contributed by atoms with Crippen LogP contribution in [0.25, 0.3) is 0 Å². The fraction of sp³-hybridized carbons (Fsp3) is 0.176. The molecule has 0 aliphatic heterocycles. The Balaban J connectivity index is 2.17. The number of carbonyl (C=O) groups excluding carboxylic acids is 2. The van der Waals surface area contributed by atoms with E-state index in [1.807, 2.05) is 18.2 Å². The van der Waals surface area contributed by atoms with Gasteiger partial charge in [-0.1, -0.05) is 39.7 Å². The number of hydrogen-bond donors (Lipinski definition) is 3. The van der Waals surface area contributed by atoms with E-state index in [1.165, 1.54) is 7.11 Å². The monoisotopic (exact) mass is 425 g/mol. The Bertz CT molecular complexity index is 785. The molecule has 2 rings (SSSR count). The molecule has 6 nitrogen and oxygen atoms in total. The second-order valence-electron chi connectivity index (χ2n) is 5.21. The van der Waals surface area contributed by atoms with E-state index in [0.29, 0.717) is 16.5 Å². The minimum atomic E-state index is -0.710. The summed E-state index contributed by atoms with van der Waals surface area (Å²) in [5, 5.41) is 5.79. The molecule has 2 aromatic rings. The van der Waals surface area contributed by atoms with Gasteiger partial charge in [-0.2, -0.15) is 0 Å². The summed E-state index contributed by atoms with van der Waals surface area (Å²) in [6, 6.07) is 10.9. The zero-order valence-corrected chi connectivity index (χ0v) is 15.7. The molecular formula is C17H17BrClN3O3. The molecule has 0 bridgehead atoms. The third-order valence-electron chi connectivity index (χ3n) is 3.39. The molecular weight excluding hydrogens is 410 g/mol. The van der Waals surface area contributed by atoms with Crippen molar-refractivity contribution in [3.63, 3.8) is 0 Å². The highest BCUT2D eigenvalue weighted by molar-refractivity contribution is 9.10. The fourth-order valence-corrected chi connectivity index (χ4v) is 2.90. The molecule has 0 aromatic heterocycles. The Morgan fingerprint density at radius 2 is 2.04 bits per heavy atom. The van der Waals surface area contributed by atoms with Gasteiger partial charge in [0.05, 0.1) is 25.3 Å². The largest absolute Gasteiger partial charge is 0.495 e. The summed E-state index contributed by atoms with van der Waals surface area (Å²) in [6.45, 7) is 0. The lowest BCUT2D eigenvalue weighted by Gasteiger charge is -2.18. The molecule has 1 atom stereocenters. The summed E-state index contributed by atoms with van der Waals surface area (Å²) in [7, 11) is 1.50. The van der Waals surface area contributed by atoms with E-state index in [1.54, 1.807) is 24.3 Å². The van der Waals surface area contributed by atoms with E-state index < -0.39 is 12.1 Å². The van der Waals surface area contributed by atoms with Gasteiger partial charge < -0.3 is 21.1 Å². The molecule has 2 aromatic carbocycles. The van der Waals surface area contributed by atoms with Crippen LogP contribution in [0.15, 0.2) is 46.9 Å². The van der Waals surface area contributed by atoms with Gasteiger partial charge in [0.1, 0.15) is 5.75 Å². The zero-order valence-electron chi connectivity index (χ0n) is 13.4. The number of hydrogen-bond acceptors (Lipinski definition) is 3. The SMILES string of the molecule is COc1ccc(Cl)cc1NC(=O)CC(NC(N)=O)c1cccc(Br)c1. The first-order valence-electron chi connectivity index (χ1n) is 7.34. The Labute approximate surface area is 158 Å². The van der Waals surface area contributed by atoms with Crippen molar-refractivity contribution in [2.24, 2.45) is 5.73 Å². The molecule has 25 heavy (non-hydrogen) atoms. The first kappa shape index (κ1) is 19.1. The van der Waals surface area contributed by atoms with Crippen LogP contribution in [-0.2, 0) is 4.79 Å². The summed E-state index contributed by atoms with van der Waals surface area (Å²) in [6.07, 6.45) is -0.00490. The first-order valence-corrected chi connectivity index (χ1v) is 8.51. The van der Waals surface area contributed by atoms with Crippen molar-refractivity contribution in [1.29, 1.82) is 0 Å². The predicted molar refractivity (Wildman–Crippen MR) is 101 cm³/mol. The van der Waals surface area contributed by atoms with Crippen molar-refractivity contribution in [2.45, 2.75) is 12.5 Å². The van der Waals surface area contributed by atoms with Crippen LogP contribution in [0.4, 0.5) is 10.5 Å². The van der Waals surface area contributed by atoms with Crippen molar-refractivity contribution in [1.82, 2.24) is 5.32 Å². The number of benzene rings is 2. The van der Waals surface area contributed by atoms with Crippen molar-refractivity contribution < 1.29 is 14.3 Å². The lowest BCUT2D eigenvalue weighted by molar-refractivity contribution is -0.116. The van der Waals surface area contributed by atoms with Crippen LogP contribution < -0.4 is 21.1 Å². The van der Waals surface area contributed by atoms with E-state index in [9.17, 15) is 9.59 Å². The number of carbonyl (C=O) groups is 2. The summed E-state index contributed by atoms with van der Waals surface area (Å²) in [4.78, 5) is 23.7. The van der Waals surface area contributed by atoms with Gasteiger partial charge in [0.15, 0.2) is 0 Å². The molecule has 0 fully saturated rings. The first-order chi connectivity index (χ1) is 11.9. The van der Waals surface area contributed by atoms with Crippen molar-refractivity contribution in [3.8, 4) is 5.75 Å². The number of nitrogens with one attached hydrogen (secondary N) is 2. The van der Waals surface area contributed by atoms with Crippen molar-refractivity contribution >= 4 is 45.2 Å². The quantitative estimate of drug-likeness (QED) is 0.655. The average molecular weight is 427 g/mol. The summed E-state index contributed by atoms with van der Waals surface area (Å²) in [5.74, 6) is 0.166. The van der Waals surface area contributed by atoms with E-state index in [4.69, 9.17) is 22.1 Å². The normalized spacial score (nSPS) is 11.5. The minimum absolute atomic E-state index is 0.00490. The maximum Gasteiger partial charge on any atom is 0.312 e. The van der Waals surface area contributed by atoms with E-state index in [2.05, 4.69) is 26.6 Å². The van der Waals surface area contributed by atoms with Crippen molar-refractivity contribution in [2.75, 3.05) is 12.4 Å². The molecule has 0 radical (unpaired) electrons. The van der Waals surface area contributed by atoms with Gasteiger partial charge in [-0.25, -0.2) is 4.79 Å². The lowest BCUT2D eigenvalue weighted by Crippen LogP contribution is -2.35. The Morgan fingerprint density at radius 3 is 2.68 bits per heavy atom. The Morgan fingerprint density at radius 1 is 1.28 bits per heavy atom. The van der Waals surface area contributed by atoms with Crippen LogP contribution in [-0.4, -0.2) is 19.0 Å². The van der Waals surface area contributed by atoms with Crippen LogP contribution in [0, 0.1) is 0 Å². The van der Waals surface area contributed by atoms with Crippen LogP contribution in [0.1, 0.15) is 18.0 Å². The molecule has 0 heterocycles. The molecule has 0 spiro atoms. The molecule has 0 aliphatic carbocycles. The summed E-state index contributed by atoms with van der Waals surface area (Å²) < 4.78 is 6.03. The molecule has 0 aliphatic rings. The van der Waals surface area contributed by atoms with Crippen molar-refractivity contribution in [3.05, 3.63) is 57.5 Å². The van der Waals surface area contributed by atoms with E-state index in [-0.39, 0.29) is 12.3 Å². The maximum atomic E-state index is 12.4. The summed E-state index contributed by atoms with van der Waals surface area (Å²) >= 11 is 9.33. The standard InChI is InChI=1S/C17H17BrClN3O3/c1-25-15-6-5-12(19)8-14(15)21-16(23)9-13(22-17(20)24)10-3-2-4-11(18)7-10/h2-8,13H,9H2,1H3,(H,21,23)(H3,20,22,24). The van der Waals surface area contributed by atoms with Crippen LogP contribution in [0.3, 0.4) is 0 Å². The van der Waals surface area contributed by atoms with Gasteiger partial charge in [-0.15, -0.1) is 0 Å². The fourth-order valence-electron chi connectivity index (χ4n) is 2.31. The zero-order chi connectivity index (χ0) is 18.4. The molecule has 3 amide bonds. The molecule has 4 N–H and O–H groups in total. The number of ether oxygens (including phenoxy) is 1. The third-order valence-corrected chi connectivity index (χ3v) is 4.12. The third kappa shape index (κ3) is 5.65. The number of rotatable bonds is 6. The second-order valence-corrected chi connectivity index (χ2v) is 6.57. The van der Waals surface area contributed by atoms with E-state index in [0.717, 1.165) is 10.0 Å². The van der Waals surface area contributed by atoms with Gasteiger partial charge in [0.25, 0.3) is 0 Å². The van der Waals surface area contributed by atoms with Crippen LogP contribution >= 0.6 is 27.5 Å². The number of halogens is 2. The minimum Gasteiger partial charge on any atom is -0.495 e. The van der Waals surface area contributed by atoms with Gasteiger partial charge in [-0.3, -0.25) is 4.79 Å². The van der Waals surface area contributed by atoms with Gasteiger partial charge in [-0.05, 0) is 35.9 Å². The van der Waals surface area contributed by atoms with Gasteiger partial charge in [0, 0.05) is 9.50 Å². The van der Waals surface area contributed by atoms with Gasteiger partial charge in [0.2, 0.25) is 5.91 Å². The smallest absolute Gasteiger partial charge is 0.312 e. The number of methoxy groups -OCH3 is 1. The number of urea groups is 1. The second kappa shape index (κ2) is 8.73. The topological polar surface area (TPSA) is 93.4 Å². The molecule has 8 heteroatoms. The molecule has 0 saturated heterocycles. The number of anilines is 1.